The maximum atomic E-state index is 8.77. The molecule has 1 atom stereocenters. The lowest BCUT2D eigenvalue weighted by atomic mass is 9.89. The largest absolute Gasteiger partial charge is 0.314 e. The molecule has 0 radical (unpaired) electrons. The number of nitrogens with zero attached hydrogens (tertiary/aromatic N) is 2. The highest BCUT2D eigenvalue weighted by molar-refractivity contribution is 4.94. The van der Waals surface area contributed by atoms with Gasteiger partial charge in [-0.05, 0) is 33.7 Å². The first-order valence-corrected chi connectivity index (χ1v) is 4.94. The van der Waals surface area contributed by atoms with Crippen LogP contribution in [0.5, 0.6) is 0 Å². The lowest BCUT2D eigenvalue weighted by Crippen LogP contribution is -2.51. The summed E-state index contributed by atoms with van der Waals surface area (Å²) in [7, 11) is 2.02. The number of nitriles is 1. The third-order valence-corrected chi connectivity index (χ3v) is 3.24. The molecule has 1 aliphatic rings. The predicted molar refractivity (Wildman–Crippen MR) is 53.3 cm³/mol. The van der Waals surface area contributed by atoms with Crippen molar-refractivity contribution in [2.24, 2.45) is 0 Å². The Morgan fingerprint density at radius 1 is 1.46 bits per heavy atom. The highest BCUT2D eigenvalue weighted by Gasteiger charge is 2.29. The molecule has 0 aliphatic carbocycles. The summed E-state index contributed by atoms with van der Waals surface area (Å²) < 4.78 is 0. The lowest BCUT2D eigenvalue weighted by molar-refractivity contribution is 0.137. The minimum Gasteiger partial charge on any atom is -0.314 e. The molecule has 1 saturated heterocycles. The molecule has 0 spiro atoms. The van der Waals surface area contributed by atoms with Crippen molar-refractivity contribution in [3.05, 3.63) is 0 Å². The third kappa shape index (κ3) is 2.43. The van der Waals surface area contributed by atoms with E-state index in [1.165, 1.54) is 0 Å². The zero-order valence-corrected chi connectivity index (χ0v) is 8.80. The van der Waals surface area contributed by atoms with Gasteiger partial charge in [0.2, 0.25) is 0 Å². The predicted octanol–water partition coefficient (Wildman–Crippen LogP) is 0.972. The van der Waals surface area contributed by atoms with Crippen molar-refractivity contribution in [1.29, 1.82) is 5.26 Å². The molecule has 0 amide bonds. The SMILES string of the molecule is CNC1(C)CCN(C(C)C#N)CC1. The van der Waals surface area contributed by atoms with Gasteiger partial charge in [0.05, 0.1) is 12.1 Å². The summed E-state index contributed by atoms with van der Waals surface area (Å²) in [4.78, 5) is 2.25. The van der Waals surface area contributed by atoms with Crippen LogP contribution in [0.3, 0.4) is 0 Å². The van der Waals surface area contributed by atoms with Crippen molar-refractivity contribution in [3.8, 4) is 6.07 Å². The Hall–Kier alpha value is -0.590. The normalized spacial score (nSPS) is 25.1. The molecular formula is C10H19N3. The Morgan fingerprint density at radius 3 is 2.38 bits per heavy atom. The second kappa shape index (κ2) is 4.08. The van der Waals surface area contributed by atoms with E-state index in [1.807, 2.05) is 14.0 Å². The zero-order valence-electron chi connectivity index (χ0n) is 8.80. The second-order valence-corrected chi connectivity index (χ2v) is 4.15. The van der Waals surface area contributed by atoms with Gasteiger partial charge in [-0.25, -0.2) is 0 Å². The molecule has 1 aliphatic heterocycles. The number of hydrogen-bond acceptors (Lipinski definition) is 3. The molecule has 0 bridgehead atoms. The summed E-state index contributed by atoms with van der Waals surface area (Å²) >= 11 is 0. The first kappa shape index (κ1) is 10.5. The maximum absolute atomic E-state index is 8.77. The minimum absolute atomic E-state index is 0.0707. The van der Waals surface area contributed by atoms with Crippen molar-refractivity contribution < 1.29 is 0 Å². The Bertz CT molecular complexity index is 199. The minimum atomic E-state index is 0.0707. The van der Waals surface area contributed by atoms with E-state index in [4.69, 9.17) is 5.26 Å². The van der Waals surface area contributed by atoms with Gasteiger partial charge in [0.1, 0.15) is 0 Å². The number of likely N-dealkylation sites (tertiary alicyclic amines) is 1. The Balaban J connectivity index is 2.44. The molecule has 13 heavy (non-hydrogen) atoms. The topological polar surface area (TPSA) is 39.1 Å². The van der Waals surface area contributed by atoms with Crippen molar-refractivity contribution in [2.45, 2.75) is 38.3 Å². The summed E-state index contributed by atoms with van der Waals surface area (Å²) in [6, 6.07) is 2.36. The lowest BCUT2D eigenvalue weighted by Gasteiger charge is -2.40. The fourth-order valence-electron chi connectivity index (χ4n) is 1.74. The zero-order chi connectivity index (χ0) is 9.90. The molecule has 0 saturated carbocycles. The van der Waals surface area contributed by atoms with Gasteiger partial charge >= 0.3 is 0 Å². The monoisotopic (exact) mass is 181 g/mol. The molecular weight excluding hydrogens is 162 g/mol. The Labute approximate surface area is 80.7 Å². The van der Waals surface area contributed by atoms with E-state index in [0.717, 1.165) is 25.9 Å². The van der Waals surface area contributed by atoms with E-state index in [1.54, 1.807) is 0 Å². The Kier molecular flexibility index (Phi) is 3.29. The average molecular weight is 181 g/mol. The van der Waals surface area contributed by atoms with Crippen LogP contribution < -0.4 is 5.32 Å². The highest BCUT2D eigenvalue weighted by Crippen LogP contribution is 2.22. The highest BCUT2D eigenvalue weighted by atomic mass is 15.2. The number of nitrogens with one attached hydrogen (secondary N) is 1. The van der Waals surface area contributed by atoms with Crippen LogP contribution in [0.15, 0.2) is 0 Å². The van der Waals surface area contributed by atoms with E-state index >= 15 is 0 Å². The first-order valence-electron chi connectivity index (χ1n) is 4.94. The molecule has 1 heterocycles. The van der Waals surface area contributed by atoms with Crippen molar-refractivity contribution in [2.75, 3.05) is 20.1 Å². The van der Waals surface area contributed by atoms with Crippen LogP contribution >= 0.6 is 0 Å². The molecule has 0 aromatic rings. The molecule has 0 aromatic carbocycles. The molecule has 1 unspecified atom stereocenters. The van der Waals surface area contributed by atoms with E-state index in [9.17, 15) is 0 Å². The van der Waals surface area contributed by atoms with Crippen molar-refractivity contribution >= 4 is 0 Å². The van der Waals surface area contributed by atoms with E-state index in [0.29, 0.717) is 0 Å². The summed E-state index contributed by atoms with van der Waals surface area (Å²) in [5.41, 5.74) is 0.283. The maximum Gasteiger partial charge on any atom is 0.0949 e. The summed E-state index contributed by atoms with van der Waals surface area (Å²) in [5.74, 6) is 0. The van der Waals surface area contributed by atoms with Gasteiger partial charge in [0, 0.05) is 18.6 Å². The van der Waals surface area contributed by atoms with Crippen molar-refractivity contribution in [1.82, 2.24) is 10.2 Å². The fourth-order valence-corrected chi connectivity index (χ4v) is 1.74. The average Bonchev–Trinajstić information content (AvgIpc) is 2.18. The quantitative estimate of drug-likeness (QED) is 0.690. The molecule has 0 aromatic heterocycles. The van der Waals surface area contributed by atoms with E-state index < -0.39 is 0 Å². The standard InChI is InChI=1S/C10H19N3/c1-9(8-11)13-6-4-10(2,12-3)5-7-13/h9,12H,4-7H2,1-3H3. The molecule has 74 valence electrons. The van der Waals surface area contributed by atoms with Crippen LogP contribution in [-0.4, -0.2) is 36.6 Å². The van der Waals surface area contributed by atoms with Gasteiger partial charge in [-0.2, -0.15) is 5.26 Å². The van der Waals surface area contributed by atoms with Gasteiger partial charge in [0.15, 0.2) is 0 Å². The van der Waals surface area contributed by atoms with Crippen LogP contribution in [0.1, 0.15) is 26.7 Å². The van der Waals surface area contributed by atoms with Crippen LogP contribution in [0.4, 0.5) is 0 Å². The van der Waals surface area contributed by atoms with Crippen LogP contribution in [0, 0.1) is 11.3 Å². The van der Waals surface area contributed by atoms with Crippen molar-refractivity contribution in [3.63, 3.8) is 0 Å². The van der Waals surface area contributed by atoms with Gasteiger partial charge in [-0.1, -0.05) is 0 Å². The summed E-state index contributed by atoms with van der Waals surface area (Å²) in [6.07, 6.45) is 2.27. The van der Waals surface area contributed by atoms with E-state index in [2.05, 4.69) is 23.2 Å². The molecule has 3 heteroatoms. The number of hydrogen-bond donors (Lipinski definition) is 1. The van der Waals surface area contributed by atoms with Gasteiger partial charge in [-0.3, -0.25) is 4.90 Å². The van der Waals surface area contributed by atoms with Crippen LogP contribution in [0.2, 0.25) is 0 Å². The van der Waals surface area contributed by atoms with Crippen LogP contribution in [0.25, 0.3) is 0 Å². The first-order chi connectivity index (χ1) is 6.11. The second-order valence-electron chi connectivity index (χ2n) is 4.15. The van der Waals surface area contributed by atoms with Gasteiger partial charge in [0.25, 0.3) is 0 Å². The Morgan fingerprint density at radius 2 is 2.00 bits per heavy atom. The van der Waals surface area contributed by atoms with E-state index in [-0.39, 0.29) is 11.6 Å². The van der Waals surface area contributed by atoms with Crippen LogP contribution in [-0.2, 0) is 0 Å². The molecule has 3 nitrogen and oxygen atoms in total. The fraction of sp³-hybridized carbons (Fsp3) is 0.900. The summed E-state index contributed by atoms with van der Waals surface area (Å²) in [6.45, 7) is 6.29. The molecule has 1 fully saturated rings. The molecule has 1 rings (SSSR count). The van der Waals surface area contributed by atoms with Gasteiger partial charge < -0.3 is 5.32 Å². The summed E-state index contributed by atoms with van der Waals surface area (Å²) in [5, 5.41) is 12.1. The number of piperidine rings is 1. The third-order valence-electron chi connectivity index (χ3n) is 3.24. The van der Waals surface area contributed by atoms with Gasteiger partial charge in [-0.15, -0.1) is 0 Å². The molecule has 1 N–H and O–H groups in total. The number of rotatable bonds is 2. The smallest absolute Gasteiger partial charge is 0.0949 e.